The van der Waals surface area contributed by atoms with Crippen LogP contribution in [-0.2, 0) is 0 Å². The largest absolute Gasteiger partial charge is 0.454 e. The van der Waals surface area contributed by atoms with Crippen LogP contribution in [0.3, 0.4) is 0 Å². The Labute approximate surface area is 105 Å². The molecule has 0 saturated carbocycles. The molecule has 1 aliphatic rings. The summed E-state index contributed by atoms with van der Waals surface area (Å²) in [7, 11) is 0. The van der Waals surface area contributed by atoms with E-state index in [1.54, 1.807) is 0 Å². The number of hydrogen-bond acceptors (Lipinski definition) is 2. The molecule has 2 nitrogen and oxygen atoms in total. The number of rotatable bonds is 0. The number of anilines is 1. The van der Waals surface area contributed by atoms with E-state index in [0.717, 1.165) is 22.4 Å². The molecule has 0 aliphatic carbocycles. The molecule has 1 atom stereocenters. The predicted octanol–water partition coefficient (Wildman–Crippen LogP) is 4.59. The van der Waals surface area contributed by atoms with Gasteiger partial charge in [-0.15, -0.1) is 0 Å². The number of para-hydroxylation sites is 1. The quantitative estimate of drug-likeness (QED) is 0.616. The van der Waals surface area contributed by atoms with Crippen LogP contribution in [-0.4, -0.2) is 0 Å². The van der Waals surface area contributed by atoms with Crippen molar-refractivity contribution in [2.75, 3.05) is 5.32 Å². The number of fused-ring (bicyclic) bond motifs is 5. The zero-order valence-corrected chi connectivity index (χ0v) is 10.1. The maximum Gasteiger partial charge on any atom is 0.158 e. The summed E-state index contributed by atoms with van der Waals surface area (Å²) in [5.41, 5.74) is 4.56. The highest BCUT2D eigenvalue weighted by Crippen LogP contribution is 2.45. The van der Waals surface area contributed by atoms with Crippen LogP contribution in [0.5, 0.6) is 0 Å². The van der Waals surface area contributed by atoms with Crippen molar-refractivity contribution in [2.24, 2.45) is 0 Å². The van der Waals surface area contributed by atoms with Crippen LogP contribution in [0, 0.1) is 0 Å². The molecule has 1 unspecified atom stereocenters. The Kier molecular flexibility index (Phi) is 1.84. The molecule has 1 aromatic heterocycles. The predicted molar refractivity (Wildman–Crippen MR) is 73.7 cm³/mol. The minimum absolute atomic E-state index is 0.315. The molecular formula is C16H13NO. The van der Waals surface area contributed by atoms with Crippen LogP contribution in [0.1, 0.15) is 18.5 Å². The molecule has 4 rings (SSSR count). The van der Waals surface area contributed by atoms with Gasteiger partial charge in [0.05, 0.1) is 5.69 Å². The van der Waals surface area contributed by atoms with E-state index in [-0.39, 0.29) is 0 Å². The van der Waals surface area contributed by atoms with Crippen molar-refractivity contribution in [3.05, 3.63) is 54.1 Å². The van der Waals surface area contributed by atoms with Gasteiger partial charge in [0.2, 0.25) is 0 Å². The van der Waals surface area contributed by atoms with Crippen LogP contribution in [0.25, 0.3) is 22.3 Å². The molecule has 0 spiro atoms. The maximum absolute atomic E-state index is 6.00. The van der Waals surface area contributed by atoms with E-state index in [9.17, 15) is 0 Å². The van der Waals surface area contributed by atoms with Crippen LogP contribution >= 0.6 is 0 Å². The van der Waals surface area contributed by atoms with Gasteiger partial charge in [0, 0.05) is 17.0 Å². The molecule has 2 aromatic carbocycles. The van der Waals surface area contributed by atoms with E-state index in [1.165, 1.54) is 11.1 Å². The van der Waals surface area contributed by atoms with Gasteiger partial charge in [-0.05, 0) is 24.6 Å². The lowest BCUT2D eigenvalue weighted by atomic mass is 9.94. The number of furan rings is 1. The second-order valence-electron chi connectivity index (χ2n) is 4.76. The van der Waals surface area contributed by atoms with Gasteiger partial charge in [-0.3, -0.25) is 0 Å². The highest BCUT2D eigenvalue weighted by molar-refractivity contribution is 6.00. The second kappa shape index (κ2) is 3.39. The van der Waals surface area contributed by atoms with Crippen molar-refractivity contribution in [3.8, 4) is 11.3 Å². The normalized spacial score (nSPS) is 17.1. The van der Waals surface area contributed by atoms with Gasteiger partial charge in [0.15, 0.2) is 5.76 Å². The third kappa shape index (κ3) is 1.17. The van der Waals surface area contributed by atoms with Crippen molar-refractivity contribution in [2.45, 2.75) is 13.0 Å². The third-order valence-corrected chi connectivity index (χ3v) is 3.63. The van der Waals surface area contributed by atoms with E-state index in [1.807, 2.05) is 18.2 Å². The summed E-state index contributed by atoms with van der Waals surface area (Å²) in [6, 6.07) is 16.9. The van der Waals surface area contributed by atoms with Crippen molar-refractivity contribution in [3.63, 3.8) is 0 Å². The Hall–Kier alpha value is -2.22. The Morgan fingerprint density at radius 2 is 1.78 bits per heavy atom. The first-order valence-corrected chi connectivity index (χ1v) is 6.22. The molecule has 2 heteroatoms. The second-order valence-corrected chi connectivity index (χ2v) is 4.76. The van der Waals surface area contributed by atoms with E-state index < -0.39 is 0 Å². The smallest absolute Gasteiger partial charge is 0.158 e. The SMILES string of the molecule is CC1Nc2c(oc3ccccc23)-c2ccccc21. The van der Waals surface area contributed by atoms with Gasteiger partial charge in [-0.2, -0.15) is 0 Å². The Balaban J connectivity index is 2.10. The van der Waals surface area contributed by atoms with Crippen LogP contribution in [0.15, 0.2) is 52.9 Å². The molecule has 1 aliphatic heterocycles. The third-order valence-electron chi connectivity index (χ3n) is 3.63. The zero-order chi connectivity index (χ0) is 12.1. The summed E-state index contributed by atoms with van der Waals surface area (Å²) in [6.45, 7) is 2.18. The molecule has 0 radical (unpaired) electrons. The van der Waals surface area contributed by atoms with Crippen LogP contribution in [0.4, 0.5) is 5.69 Å². The van der Waals surface area contributed by atoms with Crippen molar-refractivity contribution in [1.82, 2.24) is 0 Å². The molecule has 1 N–H and O–H groups in total. The Bertz CT molecular complexity index is 742. The standard InChI is InChI=1S/C16H13NO/c1-10-11-6-2-3-7-12(11)16-15(17-10)13-8-4-5-9-14(13)18-16/h2-10,17H,1H3. The summed E-state index contributed by atoms with van der Waals surface area (Å²) in [5.74, 6) is 0.963. The molecular weight excluding hydrogens is 222 g/mol. The summed E-state index contributed by atoms with van der Waals surface area (Å²) in [6.07, 6.45) is 0. The monoisotopic (exact) mass is 235 g/mol. The van der Waals surface area contributed by atoms with Crippen molar-refractivity contribution in [1.29, 1.82) is 0 Å². The fraction of sp³-hybridized carbons (Fsp3) is 0.125. The average Bonchev–Trinajstić information content (AvgIpc) is 2.78. The van der Waals surface area contributed by atoms with Gasteiger partial charge >= 0.3 is 0 Å². The number of nitrogens with one attached hydrogen (secondary N) is 1. The first-order chi connectivity index (χ1) is 8.84. The van der Waals surface area contributed by atoms with Crippen LogP contribution in [0.2, 0.25) is 0 Å². The van der Waals surface area contributed by atoms with Crippen molar-refractivity contribution < 1.29 is 4.42 Å². The fourth-order valence-electron chi connectivity index (χ4n) is 2.75. The van der Waals surface area contributed by atoms with Gasteiger partial charge in [0.25, 0.3) is 0 Å². The molecule has 18 heavy (non-hydrogen) atoms. The van der Waals surface area contributed by atoms with Gasteiger partial charge in [-0.25, -0.2) is 0 Å². The summed E-state index contributed by atoms with van der Waals surface area (Å²) in [5, 5.41) is 4.71. The summed E-state index contributed by atoms with van der Waals surface area (Å²) >= 11 is 0. The molecule has 88 valence electrons. The highest BCUT2D eigenvalue weighted by atomic mass is 16.3. The fourth-order valence-corrected chi connectivity index (χ4v) is 2.75. The molecule has 2 heterocycles. The Morgan fingerprint density at radius 1 is 1.00 bits per heavy atom. The molecule has 0 fully saturated rings. The molecule has 0 saturated heterocycles. The minimum Gasteiger partial charge on any atom is -0.454 e. The molecule has 3 aromatic rings. The van der Waals surface area contributed by atoms with Gasteiger partial charge < -0.3 is 9.73 Å². The zero-order valence-electron chi connectivity index (χ0n) is 10.1. The average molecular weight is 235 g/mol. The van der Waals surface area contributed by atoms with Crippen molar-refractivity contribution >= 4 is 16.7 Å². The van der Waals surface area contributed by atoms with E-state index >= 15 is 0 Å². The number of benzene rings is 2. The lowest BCUT2D eigenvalue weighted by molar-refractivity contribution is 0.626. The van der Waals surface area contributed by atoms with Gasteiger partial charge in [-0.1, -0.05) is 36.4 Å². The number of hydrogen-bond donors (Lipinski definition) is 1. The summed E-state index contributed by atoms with van der Waals surface area (Å²) < 4.78 is 6.00. The maximum atomic E-state index is 6.00. The lowest BCUT2D eigenvalue weighted by Gasteiger charge is -2.23. The van der Waals surface area contributed by atoms with Crippen LogP contribution < -0.4 is 5.32 Å². The first kappa shape index (κ1) is 9.77. The van der Waals surface area contributed by atoms with E-state index in [0.29, 0.717) is 6.04 Å². The molecule has 0 bridgehead atoms. The lowest BCUT2D eigenvalue weighted by Crippen LogP contribution is -2.12. The Morgan fingerprint density at radius 3 is 2.72 bits per heavy atom. The van der Waals surface area contributed by atoms with E-state index in [2.05, 4.69) is 42.6 Å². The van der Waals surface area contributed by atoms with E-state index in [4.69, 9.17) is 4.42 Å². The summed E-state index contributed by atoms with van der Waals surface area (Å²) in [4.78, 5) is 0. The van der Waals surface area contributed by atoms with Gasteiger partial charge in [0.1, 0.15) is 5.58 Å². The first-order valence-electron chi connectivity index (χ1n) is 6.22. The topological polar surface area (TPSA) is 25.2 Å². The molecule has 0 amide bonds. The minimum atomic E-state index is 0.315. The highest BCUT2D eigenvalue weighted by Gasteiger charge is 2.25.